The summed E-state index contributed by atoms with van der Waals surface area (Å²) in [5.41, 5.74) is 2.13. The number of ether oxygens (including phenoxy) is 1. The highest BCUT2D eigenvalue weighted by atomic mass is 16.5. The Bertz CT molecular complexity index is 528. The van der Waals surface area contributed by atoms with Crippen LogP contribution in [0.1, 0.15) is 16.1 Å². The van der Waals surface area contributed by atoms with Crippen LogP contribution in [0, 0.1) is 6.92 Å². The molecule has 0 spiro atoms. The van der Waals surface area contributed by atoms with E-state index in [0.717, 1.165) is 11.1 Å². The number of pyridine rings is 1. The highest BCUT2D eigenvalue weighted by Crippen LogP contribution is 2.20. The Balaban J connectivity index is 2.76. The van der Waals surface area contributed by atoms with Crippen LogP contribution in [-0.4, -0.2) is 22.6 Å². The lowest BCUT2D eigenvalue weighted by atomic mass is 10.3. The maximum Gasteiger partial charge on any atom is 0.355 e. The molecule has 0 bridgehead atoms. The van der Waals surface area contributed by atoms with E-state index >= 15 is 0 Å². The van der Waals surface area contributed by atoms with E-state index in [9.17, 15) is 9.90 Å². The molecule has 0 saturated heterocycles. The van der Waals surface area contributed by atoms with Crippen LogP contribution in [-0.2, 0) is 4.74 Å². The third-order valence-corrected chi connectivity index (χ3v) is 2.32. The molecule has 4 heteroatoms. The number of aryl methyl sites for hydroxylation is 1. The molecule has 2 heterocycles. The number of esters is 1. The minimum atomic E-state index is -0.405. The standard InChI is InChI=1S/C11H11NO3/c1-7-5-8-3-4-9(13)6-12(8)10(7)11(14)15-2/h3-6,13H,1-2H3. The third-order valence-electron chi connectivity index (χ3n) is 2.32. The van der Waals surface area contributed by atoms with E-state index in [1.165, 1.54) is 13.3 Å². The van der Waals surface area contributed by atoms with Crippen molar-refractivity contribution in [2.24, 2.45) is 0 Å². The summed E-state index contributed by atoms with van der Waals surface area (Å²) < 4.78 is 6.30. The van der Waals surface area contributed by atoms with E-state index in [1.54, 1.807) is 16.5 Å². The lowest BCUT2D eigenvalue weighted by Crippen LogP contribution is -2.06. The molecule has 0 radical (unpaired) electrons. The number of aromatic hydroxyl groups is 1. The Morgan fingerprint density at radius 2 is 2.20 bits per heavy atom. The van der Waals surface area contributed by atoms with Gasteiger partial charge < -0.3 is 14.2 Å². The fourth-order valence-electron chi connectivity index (χ4n) is 1.65. The molecular formula is C11H11NO3. The van der Waals surface area contributed by atoms with E-state index in [0.29, 0.717) is 5.69 Å². The van der Waals surface area contributed by atoms with Crippen LogP contribution in [0.4, 0.5) is 0 Å². The van der Waals surface area contributed by atoms with Gasteiger partial charge in [-0.15, -0.1) is 0 Å². The molecule has 4 nitrogen and oxygen atoms in total. The highest BCUT2D eigenvalue weighted by Gasteiger charge is 2.15. The van der Waals surface area contributed by atoms with Crippen molar-refractivity contribution in [3.05, 3.63) is 35.7 Å². The maximum atomic E-state index is 11.5. The summed E-state index contributed by atoms with van der Waals surface area (Å²) in [5, 5.41) is 9.35. The predicted molar refractivity (Wildman–Crippen MR) is 55.1 cm³/mol. The zero-order chi connectivity index (χ0) is 11.0. The highest BCUT2D eigenvalue weighted by molar-refractivity contribution is 5.91. The first-order valence-corrected chi connectivity index (χ1v) is 4.52. The van der Waals surface area contributed by atoms with E-state index in [2.05, 4.69) is 4.74 Å². The van der Waals surface area contributed by atoms with Gasteiger partial charge >= 0.3 is 5.97 Å². The molecule has 0 unspecified atom stereocenters. The molecule has 2 rings (SSSR count). The Morgan fingerprint density at radius 3 is 2.87 bits per heavy atom. The average Bonchev–Trinajstić information content (AvgIpc) is 2.52. The van der Waals surface area contributed by atoms with E-state index in [4.69, 9.17) is 0 Å². The molecule has 0 atom stereocenters. The Kier molecular flexibility index (Phi) is 2.11. The summed E-state index contributed by atoms with van der Waals surface area (Å²) in [6.07, 6.45) is 1.49. The largest absolute Gasteiger partial charge is 0.506 e. The lowest BCUT2D eigenvalue weighted by molar-refractivity contribution is 0.0592. The predicted octanol–water partition coefficient (Wildman–Crippen LogP) is 1.74. The van der Waals surface area contributed by atoms with Crippen molar-refractivity contribution in [2.45, 2.75) is 6.92 Å². The minimum absolute atomic E-state index is 0.114. The van der Waals surface area contributed by atoms with Crippen molar-refractivity contribution >= 4 is 11.5 Å². The van der Waals surface area contributed by atoms with Gasteiger partial charge in [-0.3, -0.25) is 0 Å². The van der Waals surface area contributed by atoms with Gasteiger partial charge in [-0.05, 0) is 30.7 Å². The zero-order valence-corrected chi connectivity index (χ0v) is 8.52. The summed E-state index contributed by atoms with van der Waals surface area (Å²) >= 11 is 0. The molecule has 2 aromatic rings. The molecule has 0 aliphatic rings. The Hall–Kier alpha value is -1.97. The fourth-order valence-corrected chi connectivity index (χ4v) is 1.65. The fraction of sp³-hybridized carbons (Fsp3) is 0.182. The van der Waals surface area contributed by atoms with Crippen LogP contribution in [0.2, 0.25) is 0 Å². The zero-order valence-electron chi connectivity index (χ0n) is 8.52. The smallest absolute Gasteiger partial charge is 0.355 e. The molecule has 0 fully saturated rings. The molecule has 0 aromatic carbocycles. The number of carbonyl (C=O) groups is 1. The molecule has 0 aliphatic carbocycles. The van der Waals surface area contributed by atoms with Gasteiger partial charge in [-0.25, -0.2) is 4.79 Å². The number of hydrogen-bond donors (Lipinski definition) is 1. The van der Waals surface area contributed by atoms with E-state index < -0.39 is 5.97 Å². The van der Waals surface area contributed by atoms with Crippen LogP contribution in [0.25, 0.3) is 5.52 Å². The van der Waals surface area contributed by atoms with Crippen molar-refractivity contribution in [1.29, 1.82) is 0 Å². The number of nitrogens with zero attached hydrogens (tertiary/aromatic N) is 1. The molecule has 0 aliphatic heterocycles. The molecular weight excluding hydrogens is 194 g/mol. The number of carbonyl (C=O) groups excluding carboxylic acids is 1. The minimum Gasteiger partial charge on any atom is -0.506 e. The topological polar surface area (TPSA) is 50.9 Å². The summed E-state index contributed by atoms with van der Waals surface area (Å²) in [6, 6.07) is 5.19. The van der Waals surface area contributed by atoms with E-state index in [1.807, 2.05) is 13.0 Å². The average molecular weight is 205 g/mol. The number of methoxy groups -OCH3 is 1. The Morgan fingerprint density at radius 1 is 1.47 bits per heavy atom. The normalized spacial score (nSPS) is 10.5. The van der Waals surface area contributed by atoms with Gasteiger partial charge in [0.2, 0.25) is 0 Å². The van der Waals surface area contributed by atoms with Crippen LogP contribution in [0.3, 0.4) is 0 Å². The van der Waals surface area contributed by atoms with Crippen molar-refractivity contribution < 1.29 is 14.6 Å². The van der Waals surface area contributed by atoms with Gasteiger partial charge in [0.25, 0.3) is 0 Å². The van der Waals surface area contributed by atoms with E-state index in [-0.39, 0.29) is 5.75 Å². The first kappa shape index (κ1) is 9.58. The molecule has 0 amide bonds. The quantitative estimate of drug-likeness (QED) is 0.721. The van der Waals surface area contributed by atoms with Crippen molar-refractivity contribution in [3.8, 4) is 5.75 Å². The lowest BCUT2D eigenvalue weighted by Gasteiger charge is -2.02. The summed E-state index contributed by atoms with van der Waals surface area (Å²) in [7, 11) is 1.34. The summed E-state index contributed by atoms with van der Waals surface area (Å²) in [6.45, 7) is 1.83. The maximum absolute atomic E-state index is 11.5. The number of fused-ring (bicyclic) bond motifs is 1. The second-order valence-corrected chi connectivity index (χ2v) is 3.35. The number of rotatable bonds is 1. The molecule has 1 N–H and O–H groups in total. The van der Waals surface area contributed by atoms with Crippen LogP contribution in [0.5, 0.6) is 5.75 Å². The monoisotopic (exact) mass is 205 g/mol. The molecule has 78 valence electrons. The van der Waals surface area contributed by atoms with Gasteiger partial charge in [0.1, 0.15) is 11.4 Å². The molecule has 15 heavy (non-hydrogen) atoms. The number of hydrogen-bond acceptors (Lipinski definition) is 3. The molecule has 0 saturated carbocycles. The van der Waals surface area contributed by atoms with Crippen molar-refractivity contribution in [2.75, 3.05) is 7.11 Å². The van der Waals surface area contributed by atoms with Gasteiger partial charge in [-0.1, -0.05) is 0 Å². The first-order valence-electron chi connectivity index (χ1n) is 4.52. The van der Waals surface area contributed by atoms with Crippen molar-refractivity contribution in [1.82, 2.24) is 4.40 Å². The van der Waals surface area contributed by atoms with Crippen LogP contribution >= 0.6 is 0 Å². The van der Waals surface area contributed by atoms with Gasteiger partial charge in [0.05, 0.1) is 13.3 Å². The summed E-state index contributed by atoms with van der Waals surface area (Å²) in [4.78, 5) is 11.5. The first-order chi connectivity index (χ1) is 7.13. The molecule has 2 aromatic heterocycles. The van der Waals surface area contributed by atoms with Crippen molar-refractivity contribution in [3.63, 3.8) is 0 Å². The van der Waals surface area contributed by atoms with Crippen LogP contribution in [0.15, 0.2) is 24.4 Å². The van der Waals surface area contributed by atoms with Gasteiger partial charge in [0.15, 0.2) is 0 Å². The summed E-state index contributed by atoms with van der Waals surface area (Å²) in [5.74, 6) is -0.290. The SMILES string of the molecule is COC(=O)c1c(C)cc2ccc(O)cn12. The number of aromatic nitrogens is 1. The second kappa shape index (κ2) is 3.31. The van der Waals surface area contributed by atoms with Crippen LogP contribution < -0.4 is 0 Å². The Labute approximate surface area is 86.7 Å². The van der Waals surface area contributed by atoms with Gasteiger partial charge in [0, 0.05) is 5.52 Å². The van der Waals surface area contributed by atoms with Gasteiger partial charge in [-0.2, -0.15) is 0 Å². The second-order valence-electron chi connectivity index (χ2n) is 3.35. The third kappa shape index (κ3) is 1.44.